The lowest BCUT2D eigenvalue weighted by Gasteiger charge is -2.08. The van der Waals surface area contributed by atoms with E-state index < -0.39 is 0 Å². The van der Waals surface area contributed by atoms with Crippen molar-refractivity contribution in [3.05, 3.63) is 11.4 Å². The third kappa shape index (κ3) is 3.76. The molecule has 2 amide bonds. The summed E-state index contributed by atoms with van der Waals surface area (Å²) in [5, 5.41) is 11.8. The standard InChI is InChI=1S/C11H19N5O2/c1-6(2)14-8(17)4-5-13-11(18)10-9(12)7(3)15-16-10/h6H,4-5,12H2,1-3H3,(H,13,18)(H,14,17)(H,15,16). The monoisotopic (exact) mass is 253 g/mol. The Bertz CT molecular complexity index is 439. The van der Waals surface area contributed by atoms with Crippen molar-refractivity contribution in [1.29, 1.82) is 0 Å². The maximum absolute atomic E-state index is 11.7. The molecule has 7 nitrogen and oxygen atoms in total. The maximum atomic E-state index is 11.7. The highest BCUT2D eigenvalue weighted by atomic mass is 16.2. The van der Waals surface area contributed by atoms with E-state index in [-0.39, 0.29) is 36.5 Å². The van der Waals surface area contributed by atoms with Crippen LogP contribution in [0.4, 0.5) is 5.69 Å². The number of hydrogen-bond donors (Lipinski definition) is 4. The van der Waals surface area contributed by atoms with Crippen LogP contribution in [-0.2, 0) is 4.79 Å². The van der Waals surface area contributed by atoms with Gasteiger partial charge < -0.3 is 16.4 Å². The molecule has 0 unspecified atom stereocenters. The predicted molar refractivity (Wildman–Crippen MR) is 68.0 cm³/mol. The molecule has 1 aromatic heterocycles. The molecule has 1 rings (SSSR count). The number of nitrogens with two attached hydrogens (primary N) is 1. The van der Waals surface area contributed by atoms with Crippen molar-refractivity contribution in [3.8, 4) is 0 Å². The Labute approximate surface area is 106 Å². The van der Waals surface area contributed by atoms with Gasteiger partial charge in [0.15, 0.2) is 5.69 Å². The highest BCUT2D eigenvalue weighted by Crippen LogP contribution is 2.11. The topological polar surface area (TPSA) is 113 Å². The molecule has 0 aliphatic heterocycles. The second kappa shape index (κ2) is 6.04. The molecular weight excluding hydrogens is 234 g/mol. The number of carbonyl (C=O) groups excluding carboxylic acids is 2. The number of aromatic amines is 1. The van der Waals surface area contributed by atoms with Gasteiger partial charge >= 0.3 is 0 Å². The minimum Gasteiger partial charge on any atom is -0.395 e. The van der Waals surface area contributed by atoms with Crippen molar-refractivity contribution in [1.82, 2.24) is 20.8 Å². The quantitative estimate of drug-likeness (QED) is 0.589. The summed E-state index contributed by atoms with van der Waals surface area (Å²) in [6.07, 6.45) is 0.229. The van der Waals surface area contributed by atoms with Crippen molar-refractivity contribution < 1.29 is 9.59 Å². The number of rotatable bonds is 5. The molecular formula is C11H19N5O2. The first-order chi connectivity index (χ1) is 8.41. The summed E-state index contributed by atoms with van der Waals surface area (Å²) in [5.74, 6) is -0.481. The largest absolute Gasteiger partial charge is 0.395 e. The SMILES string of the molecule is Cc1[nH]nc(C(=O)NCCC(=O)NC(C)C)c1N. The van der Waals surface area contributed by atoms with E-state index in [0.717, 1.165) is 0 Å². The molecule has 1 heterocycles. The Morgan fingerprint density at radius 1 is 1.44 bits per heavy atom. The van der Waals surface area contributed by atoms with E-state index in [2.05, 4.69) is 20.8 Å². The van der Waals surface area contributed by atoms with Crippen molar-refractivity contribution >= 4 is 17.5 Å². The number of anilines is 1. The zero-order chi connectivity index (χ0) is 13.7. The third-order valence-corrected chi connectivity index (χ3v) is 2.30. The molecule has 0 aliphatic rings. The third-order valence-electron chi connectivity index (χ3n) is 2.30. The fourth-order valence-electron chi connectivity index (χ4n) is 1.38. The maximum Gasteiger partial charge on any atom is 0.273 e. The second-order valence-corrected chi connectivity index (χ2v) is 4.34. The molecule has 0 fully saturated rings. The number of nitrogens with one attached hydrogen (secondary N) is 3. The van der Waals surface area contributed by atoms with E-state index in [0.29, 0.717) is 11.4 Å². The average molecular weight is 253 g/mol. The van der Waals surface area contributed by atoms with Crippen LogP contribution in [0.2, 0.25) is 0 Å². The van der Waals surface area contributed by atoms with Crippen molar-refractivity contribution in [2.45, 2.75) is 33.2 Å². The Morgan fingerprint density at radius 3 is 2.61 bits per heavy atom. The molecule has 18 heavy (non-hydrogen) atoms. The lowest BCUT2D eigenvalue weighted by Crippen LogP contribution is -2.34. The summed E-state index contributed by atoms with van der Waals surface area (Å²) >= 11 is 0. The molecule has 5 N–H and O–H groups in total. The van der Waals surface area contributed by atoms with Crippen LogP contribution in [-0.4, -0.2) is 34.6 Å². The fraction of sp³-hybridized carbons (Fsp3) is 0.545. The molecule has 0 spiro atoms. The molecule has 7 heteroatoms. The van der Waals surface area contributed by atoms with Gasteiger partial charge in [0.1, 0.15) is 0 Å². The van der Waals surface area contributed by atoms with Gasteiger partial charge in [-0.1, -0.05) is 0 Å². The van der Waals surface area contributed by atoms with Gasteiger partial charge in [-0.15, -0.1) is 0 Å². The lowest BCUT2D eigenvalue weighted by molar-refractivity contribution is -0.121. The highest BCUT2D eigenvalue weighted by Gasteiger charge is 2.15. The van der Waals surface area contributed by atoms with Crippen molar-refractivity contribution in [2.75, 3.05) is 12.3 Å². The first-order valence-corrected chi connectivity index (χ1v) is 5.79. The molecule has 0 saturated heterocycles. The zero-order valence-corrected chi connectivity index (χ0v) is 10.8. The Balaban J connectivity index is 2.38. The number of hydrogen-bond acceptors (Lipinski definition) is 4. The Kier molecular flexibility index (Phi) is 4.70. The van der Waals surface area contributed by atoms with Crippen LogP contribution >= 0.6 is 0 Å². The minimum atomic E-state index is -0.380. The van der Waals surface area contributed by atoms with Crippen molar-refractivity contribution in [2.24, 2.45) is 0 Å². The molecule has 0 aliphatic carbocycles. The van der Waals surface area contributed by atoms with Crippen LogP contribution < -0.4 is 16.4 Å². The van der Waals surface area contributed by atoms with Crippen molar-refractivity contribution in [3.63, 3.8) is 0 Å². The van der Waals surface area contributed by atoms with Gasteiger partial charge in [0, 0.05) is 19.0 Å². The highest BCUT2D eigenvalue weighted by molar-refractivity contribution is 5.97. The number of H-pyrrole nitrogens is 1. The lowest BCUT2D eigenvalue weighted by atomic mass is 10.3. The predicted octanol–water partition coefficient (Wildman–Crippen LogP) is -0.0552. The summed E-state index contributed by atoms with van der Waals surface area (Å²) in [5.41, 5.74) is 6.81. The smallest absolute Gasteiger partial charge is 0.273 e. The number of nitrogens with zero attached hydrogens (tertiary/aromatic N) is 1. The number of amides is 2. The minimum absolute atomic E-state index is 0.0952. The van der Waals surface area contributed by atoms with Crippen LogP contribution in [0.3, 0.4) is 0 Å². The second-order valence-electron chi connectivity index (χ2n) is 4.34. The van der Waals surface area contributed by atoms with Gasteiger partial charge in [-0.2, -0.15) is 5.10 Å². The number of carbonyl (C=O) groups is 2. The van der Waals surface area contributed by atoms with E-state index in [4.69, 9.17) is 5.73 Å². The van der Waals surface area contributed by atoms with Gasteiger partial charge in [0.05, 0.1) is 11.4 Å². The summed E-state index contributed by atoms with van der Waals surface area (Å²) in [7, 11) is 0. The number of aromatic nitrogens is 2. The molecule has 0 atom stereocenters. The normalized spacial score (nSPS) is 10.4. The summed E-state index contributed by atoms with van der Waals surface area (Å²) in [6, 6.07) is 0.0952. The van der Waals surface area contributed by atoms with Gasteiger partial charge in [-0.3, -0.25) is 14.7 Å². The van der Waals surface area contributed by atoms with Gasteiger partial charge in [-0.25, -0.2) is 0 Å². The molecule has 0 saturated carbocycles. The summed E-state index contributed by atoms with van der Waals surface area (Å²) in [4.78, 5) is 23.0. The van der Waals surface area contributed by atoms with E-state index >= 15 is 0 Å². The zero-order valence-electron chi connectivity index (χ0n) is 10.8. The van der Waals surface area contributed by atoms with Crippen LogP contribution in [0.5, 0.6) is 0 Å². The van der Waals surface area contributed by atoms with Gasteiger partial charge in [0.25, 0.3) is 5.91 Å². The fourth-order valence-corrected chi connectivity index (χ4v) is 1.38. The van der Waals surface area contributed by atoms with Crippen LogP contribution in [0.1, 0.15) is 36.5 Å². The first-order valence-electron chi connectivity index (χ1n) is 5.79. The first kappa shape index (κ1) is 14.0. The molecule has 0 bridgehead atoms. The van der Waals surface area contributed by atoms with E-state index in [9.17, 15) is 9.59 Å². The average Bonchev–Trinajstić information content (AvgIpc) is 2.58. The molecule has 0 aromatic carbocycles. The van der Waals surface area contributed by atoms with E-state index in [1.807, 2.05) is 13.8 Å². The molecule has 1 aromatic rings. The van der Waals surface area contributed by atoms with Crippen LogP contribution in [0.25, 0.3) is 0 Å². The van der Waals surface area contributed by atoms with E-state index in [1.165, 1.54) is 0 Å². The number of nitrogen functional groups attached to an aromatic ring is 1. The number of aryl methyl sites for hydroxylation is 1. The molecule has 100 valence electrons. The van der Waals surface area contributed by atoms with E-state index in [1.54, 1.807) is 6.92 Å². The van der Waals surface area contributed by atoms with Gasteiger partial charge in [0.2, 0.25) is 5.91 Å². The van der Waals surface area contributed by atoms with Crippen LogP contribution in [0.15, 0.2) is 0 Å². The summed E-state index contributed by atoms with van der Waals surface area (Å²) in [6.45, 7) is 5.74. The Hall–Kier alpha value is -2.05. The van der Waals surface area contributed by atoms with Crippen LogP contribution in [0, 0.1) is 6.92 Å². The molecule has 0 radical (unpaired) electrons. The summed E-state index contributed by atoms with van der Waals surface area (Å²) < 4.78 is 0. The Morgan fingerprint density at radius 2 is 2.11 bits per heavy atom. The van der Waals surface area contributed by atoms with Gasteiger partial charge in [-0.05, 0) is 20.8 Å².